The molecule has 0 radical (unpaired) electrons. The number of thiazole rings is 1. The molecule has 1 aromatic carbocycles. The number of amides is 1. The van der Waals surface area contributed by atoms with E-state index in [4.69, 9.17) is 14.5 Å². The van der Waals surface area contributed by atoms with Gasteiger partial charge in [0.2, 0.25) is 0 Å². The Kier molecular flexibility index (Phi) is 7.17. The summed E-state index contributed by atoms with van der Waals surface area (Å²) in [6.07, 6.45) is 3.06. The van der Waals surface area contributed by atoms with E-state index in [1.807, 2.05) is 31.2 Å². The first kappa shape index (κ1) is 21.7. The molecule has 1 N–H and O–H groups in total. The van der Waals surface area contributed by atoms with Gasteiger partial charge in [0, 0.05) is 50.1 Å². The van der Waals surface area contributed by atoms with Gasteiger partial charge in [-0.3, -0.25) is 4.79 Å². The van der Waals surface area contributed by atoms with Crippen LogP contribution >= 0.6 is 11.3 Å². The van der Waals surface area contributed by atoms with Crippen LogP contribution in [0, 0.1) is 6.92 Å². The van der Waals surface area contributed by atoms with E-state index < -0.39 is 0 Å². The molecule has 4 rings (SSSR count). The van der Waals surface area contributed by atoms with Crippen LogP contribution in [-0.4, -0.2) is 48.4 Å². The van der Waals surface area contributed by atoms with Crippen molar-refractivity contribution in [3.63, 3.8) is 0 Å². The highest BCUT2D eigenvalue weighted by molar-refractivity contribution is 7.13. The fourth-order valence-corrected chi connectivity index (χ4v) is 4.77. The van der Waals surface area contributed by atoms with E-state index in [2.05, 4.69) is 27.4 Å². The van der Waals surface area contributed by atoms with Crippen molar-refractivity contribution in [2.75, 3.05) is 26.9 Å². The predicted molar refractivity (Wildman–Crippen MR) is 124 cm³/mol. The molecule has 1 aliphatic rings. The number of aromatic nitrogens is 2. The Bertz CT molecular complexity index is 1010. The average molecular weight is 440 g/mol. The van der Waals surface area contributed by atoms with Gasteiger partial charge in [0.1, 0.15) is 5.01 Å². The van der Waals surface area contributed by atoms with Crippen LogP contribution in [0.25, 0.3) is 22.0 Å². The van der Waals surface area contributed by atoms with Gasteiger partial charge in [-0.2, -0.15) is 0 Å². The Morgan fingerprint density at radius 3 is 2.94 bits per heavy atom. The molecule has 1 amide bonds. The van der Waals surface area contributed by atoms with Gasteiger partial charge in [-0.15, -0.1) is 11.3 Å². The molecule has 1 unspecified atom stereocenters. The van der Waals surface area contributed by atoms with Crippen molar-refractivity contribution >= 4 is 17.2 Å². The van der Waals surface area contributed by atoms with Crippen LogP contribution in [0.4, 0.5) is 0 Å². The molecule has 1 saturated heterocycles. The van der Waals surface area contributed by atoms with Gasteiger partial charge >= 0.3 is 0 Å². The van der Waals surface area contributed by atoms with Crippen LogP contribution in [-0.2, 0) is 16.0 Å². The molecular formula is C24H29N3O3S. The first-order chi connectivity index (χ1) is 15.2. The summed E-state index contributed by atoms with van der Waals surface area (Å²) in [5.74, 6) is -0.0572. The lowest BCUT2D eigenvalue weighted by Crippen LogP contribution is -2.32. The Balaban J connectivity index is 1.60. The molecule has 0 bridgehead atoms. The van der Waals surface area contributed by atoms with E-state index in [1.54, 1.807) is 18.4 Å². The van der Waals surface area contributed by atoms with Crippen LogP contribution < -0.4 is 5.32 Å². The number of ether oxygens (including phenoxy) is 2. The number of benzene rings is 1. The molecule has 1 atom stereocenters. The molecule has 0 spiro atoms. The zero-order valence-electron chi connectivity index (χ0n) is 18.1. The van der Waals surface area contributed by atoms with E-state index in [0.717, 1.165) is 60.1 Å². The van der Waals surface area contributed by atoms with Crippen molar-refractivity contribution in [2.45, 2.75) is 38.8 Å². The van der Waals surface area contributed by atoms with Crippen LogP contribution in [0.15, 0.2) is 41.8 Å². The lowest BCUT2D eigenvalue weighted by molar-refractivity contribution is 0.0857. The third kappa shape index (κ3) is 5.06. The topological polar surface area (TPSA) is 65.4 Å². The third-order valence-corrected chi connectivity index (χ3v) is 6.53. The van der Waals surface area contributed by atoms with Crippen molar-refractivity contribution < 1.29 is 14.3 Å². The van der Waals surface area contributed by atoms with Crippen LogP contribution in [0.5, 0.6) is 0 Å². The highest BCUT2D eigenvalue weighted by Crippen LogP contribution is 2.31. The zero-order valence-corrected chi connectivity index (χ0v) is 18.9. The molecule has 2 aromatic heterocycles. The van der Waals surface area contributed by atoms with E-state index in [1.165, 1.54) is 0 Å². The third-order valence-electron chi connectivity index (χ3n) is 5.64. The SMILES string of the molecule is COCCCn1c(-c2csc(-c3ccccc3)n2)cc(C(=O)NCC2CCCO2)c1C. The maximum absolute atomic E-state index is 13.0. The molecule has 1 aliphatic heterocycles. The molecule has 6 nitrogen and oxygen atoms in total. The summed E-state index contributed by atoms with van der Waals surface area (Å²) in [5, 5.41) is 6.09. The number of rotatable bonds is 9. The van der Waals surface area contributed by atoms with Gasteiger partial charge in [-0.1, -0.05) is 30.3 Å². The molecule has 7 heteroatoms. The standard InChI is InChI=1S/C24H29N3O3S/c1-17-20(23(28)25-15-19-10-6-13-30-19)14-22(27(17)11-7-12-29-2)21-16-31-24(26-21)18-8-4-3-5-9-18/h3-5,8-9,14,16,19H,6-7,10-13,15H2,1-2H3,(H,25,28). The summed E-state index contributed by atoms with van der Waals surface area (Å²) in [5.41, 5.74) is 4.60. The molecule has 164 valence electrons. The maximum Gasteiger partial charge on any atom is 0.253 e. The quantitative estimate of drug-likeness (QED) is 0.498. The molecule has 3 heterocycles. The highest BCUT2D eigenvalue weighted by Gasteiger charge is 2.22. The number of nitrogens with one attached hydrogen (secondary N) is 1. The second kappa shape index (κ2) is 10.2. The van der Waals surface area contributed by atoms with Crippen molar-refractivity contribution in [3.8, 4) is 22.0 Å². The van der Waals surface area contributed by atoms with Gasteiger partial charge in [-0.25, -0.2) is 4.98 Å². The van der Waals surface area contributed by atoms with E-state index in [9.17, 15) is 4.79 Å². The number of methoxy groups -OCH3 is 1. The van der Waals surface area contributed by atoms with Crippen LogP contribution in [0.3, 0.4) is 0 Å². The van der Waals surface area contributed by atoms with Gasteiger partial charge in [0.15, 0.2) is 0 Å². The van der Waals surface area contributed by atoms with Crippen LogP contribution in [0.1, 0.15) is 35.3 Å². The predicted octanol–water partition coefficient (Wildman–Crippen LogP) is 4.53. The second-order valence-electron chi connectivity index (χ2n) is 7.78. The molecule has 0 aliphatic carbocycles. The van der Waals surface area contributed by atoms with E-state index in [-0.39, 0.29) is 12.0 Å². The van der Waals surface area contributed by atoms with Crippen molar-refractivity contribution in [2.24, 2.45) is 0 Å². The van der Waals surface area contributed by atoms with Crippen molar-refractivity contribution in [1.29, 1.82) is 0 Å². The summed E-state index contributed by atoms with van der Waals surface area (Å²) < 4.78 is 13.1. The normalized spacial score (nSPS) is 16.0. The fraction of sp³-hybridized carbons (Fsp3) is 0.417. The van der Waals surface area contributed by atoms with E-state index >= 15 is 0 Å². The fourth-order valence-electron chi connectivity index (χ4n) is 3.95. The smallest absolute Gasteiger partial charge is 0.253 e. The van der Waals surface area contributed by atoms with Crippen molar-refractivity contribution in [1.82, 2.24) is 14.9 Å². The van der Waals surface area contributed by atoms with Gasteiger partial charge in [0.05, 0.1) is 23.1 Å². The minimum atomic E-state index is -0.0572. The minimum absolute atomic E-state index is 0.0572. The van der Waals surface area contributed by atoms with Gasteiger partial charge in [-0.05, 0) is 32.3 Å². The van der Waals surface area contributed by atoms with Gasteiger partial charge in [0.25, 0.3) is 5.91 Å². The summed E-state index contributed by atoms with van der Waals surface area (Å²) in [6, 6.07) is 12.1. The minimum Gasteiger partial charge on any atom is -0.385 e. The molecular weight excluding hydrogens is 410 g/mol. The summed E-state index contributed by atoms with van der Waals surface area (Å²) in [4.78, 5) is 17.8. The Hall–Kier alpha value is -2.48. The number of hydrogen-bond donors (Lipinski definition) is 1. The Labute approximate surface area is 187 Å². The number of hydrogen-bond acceptors (Lipinski definition) is 5. The summed E-state index contributed by atoms with van der Waals surface area (Å²) in [6.45, 7) is 4.78. The van der Waals surface area contributed by atoms with E-state index in [0.29, 0.717) is 18.7 Å². The average Bonchev–Trinajstić information content (AvgIpc) is 3.54. The van der Waals surface area contributed by atoms with Crippen LogP contribution in [0.2, 0.25) is 0 Å². The first-order valence-electron chi connectivity index (χ1n) is 10.8. The highest BCUT2D eigenvalue weighted by atomic mass is 32.1. The monoisotopic (exact) mass is 439 g/mol. The lowest BCUT2D eigenvalue weighted by Gasteiger charge is -2.12. The van der Waals surface area contributed by atoms with Crippen molar-refractivity contribution in [3.05, 3.63) is 53.0 Å². The molecule has 31 heavy (non-hydrogen) atoms. The molecule has 3 aromatic rings. The molecule has 0 saturated carbocycles. The first-order valence-corrected chi connectivity index (χ1v) is 11.7. The Morgan fingerprint density at radius 2 is 2.19 bits per heavy atom. The number of carbonyl (C=O) groups is 1. The number of carbonyl (C=O) groups excluding carboxylic acids is 1. The molecule has 1 fully saturated rings. The lowest BCUT2D eigenvalue weighted by atomic mass is 10.2. The van der Waals surface area contributed by atoms with Gasteiger partial charge < -0.3 is 19.4 Å². The number of nitrogens with zero attached hydrogens (tertiary/aromatic N) is 2. The maximum atomic E-state index is 13.0. The zero-order chi connectivity index (χ0) is 21.6. The second-order valence-corrected chi connectivity index (χ2v) is 8.63. The largest absolute Gasteiger partial charge is 0.385 e. The Morgan fingerprint density at radius 1 is 1.35 bits per heavy atom. The summed E-state index contributed by atoms with van der Waals surface area (Å²) >= 11 is 1.62. The summed E-state index contributed by atoms with van der Waals surface area (Å²) in [7, 11) is 1.71.